The first kappa shape index (κ1) is 23.5. The number of halogens is 5. The monoisotopic (exact) mass is 452 g/mol. The highest BCUT2D eigenvalue weighted by Crippen LogP contribution is 2.39. The van der Waals surface area contributed by atoms with Gasteiger partial charge >= 0.3 is 14.1 Å². The van der Waals surface area contributed by atoms with Crippen molar-refractivity contribution in [1.82, 2.24) is 5.09 Å². The standard InChI is InChI=1S/C18H16F5NO5P/c1-8(2)27-18(25)9(3)24-30(26)29-11-7-5-4-6-10(11)28-17-15(22)13(20)12(19)14(21)16(17)23/h4-9H,1-3H3,(H,24,26)/q+1. The van der Waals surface area contributed by atoms with Crippen LogP contribution in [0.5, 0.6) is 17.2 Å². The summed E-state index contributed by atoms with van der Waals surface area (Å²) in [6, 6.07) is 3.93. The maximum atomic E-state index is 13.8. The molecule has 0 saturated carbocycles. The van der Waals surface area contributed by atoms with E-state index in [9.17, 15) is 31.3 Å². The van der Waals surface area contributed by atoms with Crippen LogP contribution in [0.25, 0.3) is 0 Å². The summed E-state index contributed by atoms with van der Waals surface area (Å²) in [4.78, 5) is 11.7. The van der Waals surface area contributed by atoms with Crippen molar-refractivity contribution < 1.29 is 45.3 Å². The van der Waals surface area contributed by atoms with Crippen LogP contribution in [0.15, 0.2) is 24.3 Å². The van der Waals surface area contributed by atoms with Gasteiger partial charge in [-0.15, -0.1) is 0 Å². The van der Waals surface area contributed by atoms with Crippen molar-refractivity contribution in [3.05, 3.63) is 53.4 Å². The van der Waals surface area contributed by atoms with Crippen molar-refractivity contribution in [2.75, 3.05) is 0 Å². The Hall–Kier alpha value is -2.78. The van der Waals surface area contributed by atoms with Crippen LogP contribution < -0.4 is 14.3 Å². The molecule has 2 atom stereocenters. The van der Waals surface area contributed by atoms with Crippen molar-refractivity contribution in [2.24, 2.45) is 0 Å². The first-order chi connectivity index (χ1) is 14.0. The normalized spacial score (nSPS) is 12.5. The molecule has 0 heterocycles. The third-order valence-corrected chi connectivity index (χ3v) is 4.38. The molecule has 6 nitrogen and oxygen atoms in total. The molecule has 2 unspecified atom stereocenters. The van der Waals surface area contributed by atoms with E-state index in [1.807, 2.05) is 0 Å². The first-order valence-corrected chi connectivity index (χ1v) is 9.60. The first-order valence-electron chi connectivity index (χ1n) is 8.43. The molecular formula is C18H16F5NO5P+. The average Bonchev–Trinajstić information content (AvgIpc) is 2.68. The highest BCUT2D eigenvalue weighted by atomic mass is 31.1. The summed E-state index contributed by atoms with van der Waals surface area (Å²) in [6.07, 6.45) is -0.407. The Kier molecular flexibility index (Phi) is 7.69. The van der Waals surface area contributed by atoms with E-state index in [2.05, 4.69) is 5.09 Å². The van der Waals surface area contributed by atoms with E-state index in [0.29, 0.717) is 0 Å². The number of benzene rings is 2. The second-order valence-corrected chi connectivity index (χ2v) is 7.09. The molecule has 0 saturated heterocycles. The van der Waals surface area contributed by atoms with Gasteiger partial charge in [-0.2, -0.15) is 8.78 Å². The van der Waals surface area contributed by atoms with Gasteiger partial charge in [0.2, 0.25) is 40.6 Å². The summed E-state index contributed by atoms with van der Waals surface area (Å²) in [6.45, 7) is 4.60. The second-order valence-electron chi connectivity index (χ2n) is 6.13. The van der Waals surface area contributed by atoms with Crippen LogP contribution in [-0.4, -0.2) is 18.1 Å². The molecule has 0 spiro atoms. The molecule has 0 aliphatic carbocycles. The van der Waals surface area contributed by atoms with E-state index in [4.69, 9.17) is 14.0 Å². The second kappa shape index (κ2) is 9.82. The predicted molar refractivity (Wildman–Crippen MR) is 94.8 cm³/mol. The van der Waals surface area contributed by atoms with Crippen molar-refractivity contribution in [3.8, 4) is 17.2 Å². The molecule has 0 aliphatic rings. The zero-order valence-corrected chi connectivity index (χ0v) is 16.7. The molecule has 1 N–H and O–H groups in total. The zero-order valence-electron chi connectivity index (χ0n) is 15.8. The van der Waals surface area contributed by atoms with E-state index in [1.165, 1.54) is 25.1 Å². The van der Waals surface area contributed by atoms with E-state index in [-0.39, 0.29) is 5.75 Å². The summed E-state index contributed by atoms with van der Waals surface area (Å²) in [5.41, 5.74) is 0. The number of hydrogen-bond acceptors (Lipinski definition) is 5. The fourth-order valence-electron chi connectivity index (χ4n) is 2.06. The van der Waals surface area contributed by atoms with Crippen LogP contribution in [0.3, 0.4) is 0 Å². The molecule has 2 aromatic carbocycles. The molecule has 0 radical (unpaired) electrons. The van der Waals surface area contributed by atoms with Crippen molar-refractivity contribution in [3.63, 3.8) is 0 Å². The Bertz CT molecular complexity index is 943. The molecule has 12 heteroatoms. The minimum absolute atomic E-state index is 0.348. The van der Waals surface area contributed by atoms with Gasteiger partial charge in [-0.25, -0.2) is 17.7 Å². The van der Waals surface area contributed by atoms with E-state index in [0.717, 1.165) is 6.07 Å². The molecule has 162 valence electrons. The lowest BCUT2D eigenvalue weighted by Crippen LogP contribution is -2.33. The Labute approximate surface area is 168 Å². The summed E-state index contributed by atoms with van der Waals surface area (Å²) in [5, 5.41) is 2.31. The lowest BCUT2D eigenvalue weighted by Gasteiger charge is -2.12. The molecule has 0 amide bonds. The smallest absolute Gasteiger partial charge is 0.462 e. The van der Waals surface area contributed by atoms with Crippen molar-refractivity contribution in [2.45, 2.75) is 32.9 Å². The number of carbonyl (C=O) groups is 1. The number of para-hydroxylation sites is 2. The van der Waals surface area contributed by atoms with Gasteiger partial charge < -0.3 is 9.47 Å². The number of hydrogen-bond donors (Lipinski definition) is 1. The minimum Gasteiger partial charge on any atom is -0.462 e. The van der Waals surface area contributed by atoms with Gasteiger partial charge in [-0.1, -0.05) is 17.2 Å². The summed E-state index contributed by atoms with van der Waals surface area (Å²) in [7, 11) is -2.75. The Morgan fingerprint density at radius 2 is 1.40 bits per heavy atom. The summed E-state index contributed by atoms with van der Waals surface area (Å²) >= 11 is 0. The predicted octanol–water partition coefficient (Wildman–Crippen LogP) is 5.14. The van der Waals surface area contributed by atoms with Gasteiger partial charge in [0.15, 0.2) is 5.75 Å². The lowest BCUT2D eigenvalue weighted by atomic mass is 10.2. The average molecular weight is 452 g/mol. The maximum Gasteiger partial charge on any atom is 0.664 e. The highest BCUT2D eigenvalue weighted by molar-refractivity contribution is 7.37. The van der Waals surface area contributed by atoms with Crippen LogP contribution in [0, 0.1) is 29.1 Å². The zero-order chi connectivity index (χ0) is 22.6. The highest BCUT2D eigenvalue weighted by Gasteiger charge is 2.32. The molecule has 2 rings (SSSR count). The molecule has 30 heavy (non-hydrogen) atoms. The Morgan fingerprint density at radius 3 is 1.93 bits per heavy atom. The minimum atomic E-state index is -2.75. The molecule has 0 aromatic heterocycles. The van der Waals surface area contributed by atoms with Crippen molar-refractivity contribution in [1.29, 1.82) is 0 Å². The summed E-state index contributed by atoms with van der Waals surface area (Å²) in [5.74, 6) is -14.2. The van der Waals surface area contributed by atoms with Gasteiger partial charge in [0.1, 0.15) is 6.04 Å². The van der Waals surface area contributed by atoms with E-state index in [1.54, 1.807) is 13.8 Å². The molecule has 0 bridgehead atoms. The van der Waals surface area contributed by atoms with Gasteiger partial charge in [0.25, 0.3) is 0 Å². The molecule has 0 fully saturated rings. The van der Waals surface area contributed by atoms with Gasteiger partial charge in [0.05, 0.1) is 6.10 Å². The number of carbonyl (C=O) groups excluding carboxylic acids is 1. The van der Waals surface area contributed by atoms with Crippen LogP contribution in [0.1, 0.15) is 20.8 Å². The van der Waals surface area contributed by atoms with Gasteiger partial charge in [-0.3, -0.25) is 4.79 Å². The topological polar surface area (TPSA) is 73.9 Å². The van der Waals surface area contributed by atoms with Crippen LogP contribution >= 0.6 is 8.18 Å². The molecular weight excluding hydrogens is 436 g/mol. The van der Waals surface area contributed by atoms with Gasteiger partial charge in [-0.05, 0) is 32.9 Å². The SMILES string of the molecule is CC(C)OC(=O)C(C)N[P+](=O)Oc1ccccc1Oc1c(F)c(F)c(F)c(F)c1F. The van der Waals surface area contributed by atoms with Crippen LogP contribution in [0.4, 0.5) is 22.0 Å². The third kappa shape index (κ3) is 5.43. The number of esters is 1. The third-order valence-electron chi connectivity index (χ3n) is 3.42. The largest absolute Gasteiger partial charge is 0.664 e. The fraction of sp³-hybridized carbons (Fsp3) is 0.278. The van der Waals surface area contributed by atoms with Gasteiger partial charge in [0, 0.05) is 4.57 Å². The Morgan fingerprint density at radius 1 is 0.900 bits per heavy atom. The van der Waals surface area contributed by atoms with Crippen LogP contribution in [0.2, 0.25) is 0 Å². The number of rotatable bonds is 8. The van der Waals surface area contributed by atoms with Crippen LogP contribution in [-0.2, 0) is 14.1 Å². The summed E-state index contributed by atoms with van der Waals surface area (Å²) < 4.78 is 94.5. The quantitative estimate of drug-likeness (QED) is 0.197. The maximum absolute atomic E-state index is 13.8. The number of nitrogens with one attached hydrogen (secondary N) is 1. The van der Waals surface area contributed by atoms with E-state index < -0.39 is 66.9 Å². The van der Waals surface area contributed by atoms with E-state index >= 15 is 0 Å². The fourth-order valence-corrected chi connectivity index (χ4v) is 2.86. The molecule has 2 aromatic rings. The lowest BCUT2D eigenvalue weighted by molar-refractivity contribution is -0.148. The molecule has 0 aliphatic heterocycles. The number of ether oxygens (including phenoxy) is 2. The Balaban J connectivity index is 2.22. The van der Waals surface area contributed by atoms with Crippen molar-refractivity contribution >= 4 is 14.1 Å².